The zero-order valence-electron chi connectivity index (χ0n) is 15.7. The fraction of sp³-hybridized carbons (Fsp3) is 0.429. The van der Waals surface area contributed by atoms with E-state index in [1.165, 1.54) is 0 Å². The van der Waals surface area contributed by atoms with Crippen molar-refractivity contribution in [3.8, 4) is 11.6 Å². The molecular weight excluding hydrogens is 344 g/mol. The van der Waals surface area contributed by atoms with Gasteiger partial charge in [-0.05, 0) is 42.4 Å². The molecule has 1 saturated carbocycles. The summed E-state index contributed by atoms with van der Waals surface area (Å²) in [6.45, 7) is 0. The van der Waals surface area contributed by atoms with Crippen molar-refractivity contribution >= 4 is 5.91 Å². The highest BCUT2D eigenvalue weighted by Crippen LogP contribution is 2.38. The maximum Gasteiger partial charge on any atom is 0.220 e. The average molecular weight is 370 g/mol. The molecule has 0 saturated heterocycles. The van der Waals surface area contributed by atoms with Gasteiger partial charge in [0, 0.05) is 18.7 Å². The van der Waals surface area contributed by atoms with Gasteiger partial charge in [-0.2, -0.15) is 0 Å². The van der Waals surface area contributed by atoms with Gasteiger partial charge in [-0.1, -0.05) is 24.3 Å². The first kappa shape index (κ1) is 19.2. The minimum absolute atomic E-state index is 0.0249. The van der Waals surface area contributed by atoms with Crippen molar-refractivity contribution in [2.45, 2.75) is 37.8 Å². The third-order valence-electron chi connectivity index (χ3n) is 5.08. The molecule has 1 heterocycles. The van der Waals surface area contributed by atoms with Crippen molar-refractivity contribution in [3.05, 3.63) is 53.7 Å². The summed E-state index contributed by atoms with van der Waals surface area (Å²) in [5.74, 6) is 1.52. The molecule has 2 aromatic rings. The SMILES string of the molecule is COc1ccc(C(NC(=O)CCc2ccccc2OC)C2CC(O)C2)cn1. The number of aromatic nitrogens is 1. The number of carbonyl (C=O) groups excluding carboxylic acids is 1. The van der Waals surface area contributed by atoms with Crippen LogP contribution in [0.15, 0.2) is 42.6 Å². The van der Waals surface area contributed by atoms with Crippen molar-refractivity contribution in [2.75, 3.05) is 14.2 Å². The van der Waals surface area contributed by atoms with Gasteiger partial charge in [0.2, 0.25) is 11.8 Å². The summed E-state index contributed by atoms with van der Waals surface area (Å²) in [5.41, 5.74) is 1.94. The van der Waals surface area contributed by atoms with Crippen LogP contribution < -0.4 is 14.8 Å². The van der Waals surface area contributed by atoms with Gasteiger partial charge < -0.3 is 19.9 Å². The summed E-state index contributed by atoms with van der Waals surface area (Å²) in [6, 6.07) is 11.3. The highest BCUT2D eigenvalue weighted by atomic mass is 16.5. The summed E-state index contributed by atoms with van der Waals surface area (Å²) in [7, 11) is 3.20. The van der Waals surface area contributed by atoms with Crippen molar-refractivity contribution in [1.82, 2.24) is 10.3 Å². The van der Waals surface area contributed by atoms with E-state index in [0.29, 0.717) is 31.6 Å². The highest BCUT2D eigenvalue weighted by molar-refractivity contribution is 5.77. The van der Waals surface area contributed by atoms with Gasteiger partial charge in [-0.25, -0.2) is 4.98 Å². The van der Waals surface area contributed by atoms with Crippen LogP contribution in [0.4, 0.5) is 0 Å². The lowest BCUT2D eigenvalue weighted by Crippen LogP contribution is -2.41. The van der Waals surface area contributed by atoms with Crippen LogP contribution in [0.2, 0.25) is 0 Å². The minimum atomic E-state index is -0.283. The number of ether oxygens (including phenoxy) is 2. The molecule has 0 aliphatic heterocycles. The van der Waals surface area contributed by atoms with Crippen LogP contribution in [-0.2, 0) is 11.2 Å². The molecule has 144 valence electrons. The van der Waals surface area contributed by atoms with E-state index < -0.39 is 0 Å². The number of carbonyl (C=O) groups is 1. The lowest BCUT2D eigenvalue weighted by atomic mass is 9.75. The smallest absolute Gasteiger partial charge is 0.220 e. The van der Waals surface area contributed by atoms with Crippen molar-refractivity contribution in [2.24, 2.45) is 5.92 Å². The molecule has 1 fully saturated rings. The second kappa shape index (κ2) is 8.86. The normalized spacial score (nSPS) is 19.7. The summed E-state index contributed by atoms with van der Waals surface area (Å²) in [6.07, 6.45) is 3.79. The van der Waals surface area contributed by atoms with E-state index in [2.05, 4.69) is 10.3 Å². The number of nitrogens with one attached hydrogen (secondary N) is 1. The summed E-state index contributed by atoms with van der Waals surface area (Å²) >= 11 is 0. The van der Waals surface area contributed by atoms with Crippen molar-refractivity contribution in [3.63, 3.8) is 0 Å². The molecule has 6 heteroatoms. The second-order valence-electron chi connectivity index (χ2n) is 6.88. The molecule has 1 aromatic carbocycles. The van der Waals surface area contributed by atoms with Gasteiger partial charge in [0.25, 0.3) is 0 Å². The topological polar surface area (TPSA) is 80.7 Å². The Labute approximate surface area is 159 Å². The number of benzene rings is 1. The van der Waals surface area contributed by atoms with Crippen LogP contribution in [0.5, 0.6) is 11.6 Å². The number of pyridine rings is 1. The molecule has 0 spiro atoms. The Morgan fingerprint density at radius 2 is 2.00 bits per heavy atom. The largest absolute Gasteiger partial charge is 0.496 e. The van der Waals surface area contributed by atoms with Crippen LogP contribution in [-0.4, -0.2) is 36.3 Å². The molecule has 1 unspecified atom stereocenters. The predicted octanol–water partition coefficient (Wildman–Crippen LogP) is 2.66. The number of amides is 1. The lowest BCUT2D eigenvalue weighted by molar-refractivity contribution is -0.123. The maximum atomic E-state index is 12.6. The van der Waals surface area contributed by atoms with Gasteiger partial charge in [-0.15, -0.1) is 0 Å². The summed E-state index contributed by atoms with van der Waals surface area (Å²) in [5, 5.41) is 12.8. The van der Waals surface area contributed by atoms with Crippen molar-refractivity contribution < 1.29 is 19.4 Å². The van der Waals surface area contributed by atoms with E-state index in [1.54, 1.807) is 26.5 Å². The number of hydrogen-bond donors (Lipinski definition) is 2. The van der Waals surface area contributed by atoms with Gasteiger partial charge in [0.15, 0.2) is 0 Å². The molecule has 1 aliphatic carbocycles. The van der Waals surface area contributed by atoms with Gasteiger partial charge in [-0.3, -0.25) is 4.79 Å². The maximum absolute atomic E-state index is 12.6. The minimum Gasteiger partial charge on any atom is -0.496 e. The Hall–Kier alpha value is -2.60. The van der Waals surface area contributed by atoms with Crippen molar-refractivity contribution in [1.29, 1.82) is 0 Å². The molecule has 2 N–H and O–H groups in total. The molecule has 1 aliphatic rings. The summed E-state index contributed by atoms with van der Waals surface area (Å²) < 4.78 is 10.5. The predicted molar refractivity (Wildman–Crippen MR) is 102 cm³/mol. The zero-order valence-corrected chi connectivity index (χ0v) is 15.7. The summed E-state index contributed by atoms with van der Waals surface area (Å²) in [4.78, 5) is 16.8. The fourth-order valence-electron chi connectivity index (χ4n) is 3.48. The Bertz CT molecular complexity index is 757. The molecule has 0 radical (unpaired) electrons. The van der Waals surface area contributed by atoms with Crippen LogP contribution in [0, 0.1) is 5.92 Å². The second-order valence-corrected chi connectivity index (χ2v) is 6.88. The highest BCUT2D eigenvalue weighted by Gasteiger charge is 2.35. The Morgan fingerprint density at radius 3 is 2.63 bits per heavy atom. The average Bonchev–Trinajstić information content (AvgIpc) is 2.68. The van der Waals surface area contributed by atoms with Crippen LogP contribution >= 0.6 is 0 Å². The number of para-hydroxylation sites is 1. The van der Waals surface area contributed by atoms with Gasteiger partial charge >= 0.3 is 0 Å². The van der Waals surface area contributed by atoms with E-state index in [9.17, 15) is 9.90 Å². The van der Waals surface area contributed by atoms with E-state index >= 15 is 0 Å². The molecular formula is C21H26N2O4. The number of methoxy groups -OCH3 is 2. The van der Waals surface area contributed by atoms with Crippen LogP contribution in [0.1, 0.15) is 36.4 Å². The Balaban J connectivity index is 1.65. The van der Waals surface area contributed by atoms with Gasteiger partial charge in [0.1, 0.15) is 5.75 Å². The number of aryl methyl sites for hydroxylation is 1. The number of rotatable bonds is 8. The molecule has 3 rings (SSSR count). The van der Waals surface area contributed by atoms with Crippen LogP contribution in [0.25, 0.3) is 0 Å². The van der Waals surface area contributed by atoms with E-state index in [1.807, 2.05) is 30.3 Å². The Morgan fingerprint density at radius 1 is 1.22 bits per heavy atom. The first-order valence-corrected chi connectivity index (χ1v) is 9.20. The zero-order chi connectivity index (χ0) is 19.2. The first-order valence-electron chi connectivity index (χ1n) is 9.20. The lowest BCUT2D eigenvalue weighted by Gasteiger charge is -2.38. The number of aliphatic hydroxyl groups is 1. The number of aliphatic hydroxyl groups excluding tert-OH is 1. The molecule has 6 nitrogen and oxygen atoms in total. The Kier molecular flexibility index (Phi) is 6.29. The standard InChI is InChI=1S/C21H26N2O4/c1-26-18-6-4-3-5-14(18)7-9-19(25)23-21(16-11-17(24)12-16)15-8-10-20(27-2)22-13-15/h3-6,8,10,13,16-17,21,24H,7,9,11-12H2,1-2H3,(H,23,25). The molecule has 1 aromatic heterocycles. The molecule has 27 heavy (non-hydrogen) atoms. The van der Waals surface area contributed by atoms with E-state index in [-0.39, 0.29) is 24.0 Å². The monoisotopic (exact) mass is 370 g/mol. The quantitative estimate of drug-likeness (QED) is 0.747. The number of nitrogens with zero attached hydrogens (tertiary/aromatic N) is 1. The van der Waals surface area contributed by atoms with Gasteiger partial charge in [0.05, 0.1) is 26.4 Å². The third-order valence-corrected chi connectivity index (χ3v) is 5.08. The van der Waals surface area contributed by atoms with E-state index in [0.717, 1.165) is 16.9 Å². The molecule has 1 amide bonds. The molecule has 1 atom stereocenters. The van der Waals surface area contributed by atoms with Crippen LogP contribution in [0.3, 0.4) is 0 Å². The van der Waals surface area contributed by atoms with E-state index in [4.69, 9.17) is 9.47 Å². The fourth-order valence-corrected chi connectivity index (χ4v) is 3.48. The molecule has 0 bridgehead atoms. The third kappa shape index (κ3) is 4.77. The number of hydrogen-bond acceptors (Lipinski definition) is 5. The first-order chi connectivity index (χ1) is 13.1.